The second-order valence-corrected chi connectivity index (χ2v) is 6.30. The minimum absolute atomic E-state index is 0.00714. The number of ether oxygens (including phenoxy) is 2. The Hall–Kier alpha value is -3.10. The van der Waals surface area contributed by atoms with E-state index in [0.717, 1.165) is 11.3 Å². The van der Waals surface area contributed by atoms with Crippen molar-refractivity contribution in [3.63, 3.8) is 0 Å². The molecule has 9 nitrogen and oxygen atoms in total. The largest absolute Gasteiger partial charge is 0.497 e. The minimum Gasteiger partial charge on any atom is -0.497 e. The molecule has 150 valence electrons. The highest BCUT2D eigenvalue weighted by molar-refractivity contribution is 5.77. The first kappa shape index (κ1) is 19.7. The third kappa shape index (κ3) is 4.79. The molecule has 2 heterocycles. The number of carbonyl (C=O) groups excluding carboxylic acids is 2. The van der Waals surface area contributed by atoms with E-state index < -0.39 is 0 Å². The van der Waals surface area contributed by atoms with Crippen molar-refractivity contribution < 1.29 is 23.5 Å². The van der Waals surface area contributed by atoms with Crippen molar-refractivity contribution in [2.75, 3.05) is 39.9 Å². The Morgan fingerprint density at radius 3 is 2.39 bits per heavy atom. The highest BCUT2D eigenvalue weighted by Crippen LogP contribution is 2.21. The molecular weight excluding hydrogens is 364 g/mol. The number of nitrogens with zero attached hydrogens (tertiary/aromatic N) is 4. The van der Waals surface area contributed by atoms with E-state index in [9.17, 15) is 9.59 Å². The van der Waals surface area contributed by atoms with Crippen LogP contribution in [0.1, 0.15) is 19.2 Å². The van der Waals surface area contributed by atoms with Gasteiger partial charge in [0.2, 0.25) is 17.7 Å². The van der Waals surface area contributed by atoms with Gasteiger partial charge in [0, 0.05) is 44.6 Å². The van der Waals surface area contributed by atoms with E-state index in [1.165, 1.54) is 0 Å². The fourth-order valence-electron chi connectivity index (χ4n) is 2.93. The molecule has 1 saturated heterocycles. The Morgan fingerprint density at radius 2 is 1.75 bits per heavy atom. The monoisotopic (exact) mass is 388 g/mol. The first-order chi connectivity index (χ1) is 13.6. The number of aryl methyl sites for hydroxylation is 1. The van der Waals surface area contributed by atoms with Crippen LogP contribution >= 0.6 is 0 Å². The molecule has 0 aliphatic carbocycles. The maximum absolute atomic E-state index is 12.4. The number of carbonyl (C=O) groups is 2. The molecule has 1 fully saturated rings. The van der Waals surface area contributed by atoms with Crippen molar-refractivity contribution in [3.05, 3.63) is 30.2 Å². The molecule has 0 N–H and O–H groups in total. The first-order valence-corrected chi connectivity index (χ1v) is 9.27. The van der Waals surface area contributed by atoms with E-state index in [1.807, 2.05) is 24.3 Å². The summed E-state index contributed by atoms with van der Waals surface area (Å²) in [6.07, 6.45) is 0.329. The van der Waals surface area contributed by atoms with E-state index in [-0.39, 0.29) is 18.4 Å². The maximum atomic E-state index is 12.4. The lowest BCUT2D eigenvalue weighted by Crippen LogP contribution is -2.50. The average molecular weight is 388 g/mol. The minimum atomic E-state index is -0.327. The smallest absolute Gasteiger partial charge is 0.409 e. The van der Waals surface area contributed by atoms with Crippen LogP contribution in [0, 0.1) is 0 Å². The standard InChI is InChI=1S/C19H24N4O5/c1-3-27-19(25)23-12-10-22(11-13-23)17(24)9-8-16-20-21-18(28-16)14-4-6-15(26-2)7-5-14/h4-7H,3,8-13H2,1-2H3. The van der Waals surface area contributed by atoms with E-state index in [2.05, 4.69) is 10.2 Å². The highest BCUT2D eigenvalue weighted by Gasteiger charge is 2.25. The molecule has 1 aromatic heterocycles. The molecule has 1 aromatic carbocycles. The molecular formula is C19H24N4O5. The van der Waals surface area contributed by atoms with Crippen LogP contribution in [0.4, 0.5) is 4.79 Å². The van der Waals surface area contributed by atoms with Gasteiger partial charge in [-0.25, -0.2) is 4.79 Å². The van der Waals surface area contributed by atoms with Gasteiger partial charge >= 0.3 is 6.09 Å². The van der Waals surface area contributed by atoms with Crippen LogP contribution in [0.25, 0.3) is 11.5 Å². The number of hydrogen-bond acceptors (Lipinski definition) is 7. The van der Waals surface area contributed by atoms with Gasteiger partial charge in [0.25, 0.3) is 0 Å². The fraction of sp³-hybridized carbons (Fsp3) is 0.474. The Morgan fingerprint density at radius 1 is 1.07 bits per heavy atom. The van der Waals surface area contributed by atoms with Crippen molar-refractivity contribution in [2.24, 2.45) is 0 Å². The molecule has 0 atom stereocenters. The van der Waals surface area contributed by atoms with Crippen LogP contribution in [0.5, 0.6) is 5.75 Å². The summed E-state index contributed by atoms with van der Waals surface area (Å²) >= 11 is 0. The second kappa shape index (κ2) is 9.20. The summed E-state index contributed by atoms with van der Waals surface area (Å²) in [5.41, 5.74) is 0.793. The normalized spacial score (nSPS) is 14.1. The second-order valence-electron chi connectivity index (χ2n) is 6.30. The predicted molar refractivity (Wildman–Crippen MR) is 99.8 cm³/mol. The van der Waals surface area contributed by atoms with Crippen molar-refractivity contribution >= 4 is 12.0 Å². The molecule has 28 heavy (non-hydrogen) atoms. The van der Waals surface area contributed by atoms with Crippen molar-refractivity contribution in [1.82, 2.24) is 20.0 Å². The molecule has 1 aliphatic rings. The zero-order valence-electron chi connectivity index (χ0n) is 16.1. The van der Waals surface area contributed by atoms with Crippen molar-refractivity contribution in [1.29, 1.82) is 0 Å². The highest BCUT2D eigenvalue weighted by atomic mass is 16.6. The quantitative estimate of drug-likeness (QED) is 0.746. The van der Waals surface area contributed by atoms with Crippen molar-refractivity contribution in [3.8, 4) is 17.2 Å². The lowest BCUT2D eigenvalue weighted by atomic mass is 10.2. The third-order valence-corrected chi connectivity index (χ3v) is 4.51. The Bertz CT molecular complexity index is 797. The van der Waals surface area contributed by atoms with Gasteiger partial charge in [-0.2, -0.15) is 0 Å². The Kier molecular flexibility index (Phi) is 6.46. The average Bonchev–Trinajstić information content (AvgIpc) is 3.21. The molecule has 0 spiro atoms. The van der Waals surface area contributed by atoms with Crippen LogP contribution in [0.15, 0.2) is 28.7 Å². The van der Waals surface area contributed by atoms with Crippen LogP contribution in [0.3, 0.4) is 0 Å². The lowest BCUT2D eigenvalue weighted by Gasteiger charge is -2.34. The Balaban J connectivity index is 1.47. The van der Waals surface area contributed by atoms with E-state index in [0.29, 0.717) is 51.0 Å². The van der Waals surface area contributed by atoms with Crippen LogP contribution < -0.4 is 4.74 Å². The predicted octanol–water partition coefficient (Wildman–Crippen LogP) is 1.98. The van der Waals surface area contributed by atoms with E-state index in [4.69, 9.17) is 13.9 Å². The number of methoxy groups -OCH3 is 1. The summed E-state index contributed by atoms with van der Waals surface area (Å²) < 4.78 is 15.8. The topological polar surface area (TPSA) is 98.0 Å². The fourth-order valence-corrected chi connectivity index (χ4v) is 2.93. The zero-order chi connectivity index (χ0) is 19.9. The molecule has 0 radical (unpaired) electrons. The lowest BCUT2D eigenvalue weighted by molar-refractivity contribution is -0.132. The van der Waals surface area contributed by atoms with Crippen LogP contribution in [-0.2, 0) is 16.0 Å². The van der Waals surface area contributed by atoms with Gasteiger partial charge in [0.1, 0.15) is 5.75 Å². The van der Waals surface area contributed by atoms with Crippen LogP contribution in [-0.4, -0.2) is 71.9 Å². The first-order valence-electron chi connectivity index (χ1n) is 9.27. The molecule has 2 amide bonds. The molecule has 3 rings (SSSR count). The summed E-state index contributed by atoms with van der Waals surface area (Å²) in [6, 6.07) is 7.31. The summed E-state index contributed by atoms with van der Waals surface area (Å²) in [6.45, 7) is 4.08. The van der Waals surface area contributed by atoms with Gasteiger partial charge in [-0.05, 0) is 31.2 Å². The van der Waals surface area contributed by atoms with Gasteiger partial charge in [0.15, 0.2) is 0 Å². The van der Waals surface area contributed by atoms with E-state index >= 15 is 0 Å². The molecule has 2 aromatic rings. The summed E-state index contributed by atoms with van der Waals surface area (Å²) in [5, 5.41) is 8.06. The third-order valence-electron chi connectivity index (χ3n) is 4.51. The summed E-state index contributed by atoms with van der Waals surface area (Å²) in [4.78, 5) is 27.5. The molecule has 0 unspecified atom stereocenters. The zero-order valence-corrected chi connectivity index (χ0v) is 16.1. The molecule has 0 saturated carbocycles. The number of amides is 2. The molecule has 9 heteroatoms. The summed E-state index contributed by atoms with van der Waals surface area (Å²) in [7, 11) is 1.60. The number of hydrogen-bond donors (Lipinski definition) is 0. The van der Waals surface area contributed by atoms with Crippen molar-refractivity contribution in [2.45, 2.75) is 19.8 Å². The maximum Gasteiger partial charge on any atom is 0.409 e. The van der Waals surface area contributed by atoms with Gasteiger partial charge in [-0.15, -0.1) is 10.2 Å². The van der Waals surface area contributed by atoms with Gasteiger partial charge in [-0.3, -0.25) is 4.79 Å². The SMILES string of the molecule is CCOC(=O)N1CCN(C(=O)CCc2nnc(-c3ccc(OC)cc3)o2)CC1. The summed E-state index contributed by atoms with van der Waals surface area (Å²) in [5.74, 6) is 1.59. The van der Waals surface area contributed by atoms with Gasteiger partial charge in [-0.1, -0.05) is 0 Å². The number of benzene rings is 1. The van der Waals surface area contributed by atoms with Crippen LogP contribution in [0.2, 0.25) is 0 Å². The molecule has 0 bridgehead atoms. The molecule has 1 aliphatic heterocycles. The number of piperazine rings is 1. The van der Waals surface area contributed by atoms with E-state index in [1.54, 1.807) is 23.8 Å². The number of rotatable bonds is 6. The van der Waals surface area contributed by atoms with Gasteiger partial charge in [0.05, 0.1) is 13.7 Å². The van der Waals surface area contributed by atoms with Gasteiger partial charge < -0.3 is 23.7 Å². The number of aromatic nitrogens is 2. The Labute approximate surface area is 163 Å².